The van der Waals surface area contributed by atoms with Gasteiger partial charge in [-0.25, -0.2) is 0 Å². The van der Waals surface area contributed by atoms with Gasteiger partial charge in [-0.3, -0.25) is 0 Å². The molecule has 0 spiro atoms. The summed E-state index contributed by atoms with van der Waals surface area (Å²) in [5.74, 6) is 1.81. The minimum Gasteiger partial charge on any atom is -0.414 e. The fourth-order valence-corrected chi connectivity index (χ4v) is 6.31. The first kappa shape index (κ1) is 18.5. The second kappa shape index (κ2) is 6.21. The Morgan fingerprint density at radius 3 is 2.41 bits per heavy atom. The average molecular weight is 327 g/mol. The molecule has 0 aromatic heterocycles. The van der Waals surface area contributed by atoms with Gasteiger partial charge in [0.2, 0.25) is 0 Å². The minimum absolute atomic E-state index is 0.289. The first-order valence-corrected chi connectivity index (χ1v) is 12.2. The third kappa shape index (κ3) is 3.18. The minimum atomic E-state index is -1.69. The van der Waals surface area contributed by atoms with Crippen LogP contribution >= 0.6 is 0 Å². The second-order valence-electron chi connectivity index (χ2n) is 9.76. The fourth-order valence-electron chi connectivity index (χ4n) is 4.92. The normalized spacial score (nSPS) is 37.9. The highest BCUT2D eigenvalue weighted by Crippen LogP contribution is 2.59. The lowest BCUT2D eigenvalue weighted by atomic mass is 9.62. The lowest BCUT2D eigenvalue weighted by molar-refractivity contribution is -0.0259. The van der Waals surface area contributed by atoms with E-state index in [2.05, 4.69) is 47.7 Å². The number of hydrogen-bond acceptors (Lipinski definition) is 2. The first-order valence-electron chi connectivity index (χ1n) is 9.31. The van der Waals surface area contributed by atoms with Crippen molar-refractivity contribution in [1.29, 1.82) is 0 Å². The third-order valence-corrected chi connectivity index (χ3v) is 11.9. The van der Waals surface area contributed by atoms with Gasteiger partial charge in [0.05, 0.1) is 0 Å². The molecule has 0 radical (unpaired) electrons. The molecular weight excluding hydrogens is 288 g/mol. The summed E-state index contributed by atoms with van der Waals surface area (Å²) in [6.07, 6.45) is 6.89. The predicted molar refractivity (Wildman–Crippen MR) is 96.5 cm³/mol. The van der Waals surface area contributed by atoms with Crippen molar-refractivity contribution in [3.63, 3.8) is 0 Å². The molecule has 130 valence electrons. The van der Waals surface area contributed by atoms with E-state index in [0.717, 1.165) is 0 Å². The van der Waals surface area contributed by atoms with Crippen molar-refractivity contribution in [2.75, 3.05) is 6.61 Å². The SMILES string of the molecule is CC(CO)[C@H]1CC[C@@H]2[C@H](O[Si](C)(C)C(C)(C)C)CCC[C@@]12C. The van der Waals surface area contributed by atoms with Crippen molar-refractivity contribution in [2.24, 2.45) is 23.2 Å². The zero-order chi connectivity index (χ0) is 16.8. The van der Waals surface area contributed by atoms with Crippen molar-refractivity contribution in [1.82, 2.24) is 0 Å². The molecule has 2 aliphatic rings. The molecular formula is C19H38O2Si. The molecule has 2 rings (SSSR count). The number of aliphatic hydroxyl groups excluding tert-OH is 1. The van der Waals surface area contributed by atoms with Gasteiger partial charge in [0.15, 0.2) is 8.32 Å². The van der Waals surface area contributed by atoms with Gasteiger partial charge in [-0.1, -0.05) is 41.0 Å². The number of rotatable bonds is 4. The number of fused-ring (bicyclic) bond motifs is 1. The molecule has 0 amide bonds. The van der Waals surface area contributed by atoms with Crippen LogP contribution in [0.15, 0.2) is 0 Å². The summed E-state index contributed by atoms with van der Waals surface area (Å²) < 4.78 is 6.86. The largest absolute Gasteiger partial charge is 0.414 e. The summed E-state index contributed by atoms with van der Waals surface area (Å²) in [5.41, 5.74) is 0.382. The molecule has 2 saturated carbocycles. The van der Waals surface area contributed by atoms with Gasteiger partial charge < -0.3 is 9.53 Å². The second-order valence-corrected chi connectivity index (χ2v) is 14.5. The van der Waals surface area contributed by atoms with Crippen LogP contribution in [0.4, 0.5) is 0 Å². The van der Waals surface area contributed by atoms with E-state index in [1.807, 2.05) is 0 Å². The smallest absolute Gasteiger partial charge is 0.192 e. The zero-order valence-corrected chi connectivity index (χ0v) is 16.9. The van der Waals surface area contributed by atoms with Gasteiger partial charge in [0.25, 0.3) is 0 Å². The van der Waals surface area contributed by atoms with Crippen LogP contribution in [-0.2, 0) is 4.43 Å². The summed E-state index contributed by atoms with van der Waals surface area (Å²) in [6.45, 7) is 16.9. The topological polar surface area (TPSA) is 29.5 Å². The monoisotopic (exact) mass is 326 g/mol. The summed E-state index contributed by atoms with van der Waals surface area (Å²) in [5, 5.41) is 9.92. The summed E-state index contributed by atoms with van der Waals surface area (Å²) >= 11 is 0. The predicted octanol–water partition coefficient (Wildman–Crippen LogP) is 5.22. The Bertz CT molecular complexity index is 387. The maximum absolute atomic E-state index is 9.63. The van der Waals surface area contributed by atoms with E-state index in [1.165, 1.54) is 32.1 Å². The fraction of sp³-hybridized carbons (Fsp3) is 1.00. The quantitative estimate of drug-likeness (QED) is 0.718. The first-order chi connectivity index (χ1) is 10.0. The summed E-state index contributed by atoms with van der Waals surface area (Å²) in [4.78, 5) is 0. The van der Waals surface area contributed by atoms with Crippen LogP contribution in [0.2, 0.25) is 18.1 Å². The maximum Gasteiger partial charge on any atom is 0.192 e. The van der Waals surface area contributed by atoms with E-state index in [9.17, 15) is 5.11 Å². The molecule has 1 unspecified atom stereocenters. The number of aliphatic hydroxyl groups is 1. The molecule has 0 aromatic rings. The van der Waals surface area contributed by atoms with Crippen molar-refractivity contribution < 1.29 is 9.53 Å². The molecule has 3 heteroatoms. The van der Waals surface area contributed by atoms with E-state index in [0.29, 0.717) is 35.9 Å². The van der Waals surface area contributed by atoms with Crippen molar-refractivity contribution in [3.05, 3.63) is 0 Å². The molecule has 0 aromatic carbocycles. The molecule has 0 bridgehead atoms. The molecule has 2 aliphatic carbocycles. The van der Waals surface area contributed by atoms with Gasteiger partial charge in [-0.15, -0.1) is 0 Å². The maximum atomic E-state index is 9.63. The highest BCUT2D eigenvalue weighted by Gasteiger charge is 2.54. The van der Waals surface area contributed by atoms with Gasteiger partial charge in [0, 0.05) is 12.7 Å². The standard InChI is InChI=1S/C19H38O2Si/c1-14(13-20)15-10-11-16-17(9-8-12-19(15,16)5)21-22(6,7)18(2,3)4/h14-17,20H,8-13H2,1-7H3/t14?,15-,16-,17-,19+/m1/s1. The Kier molecular flexibility index (Phi) is 5.22. The van der Waals surface area contributed by atoms with E-state index < -0.39 is 8.32 Å². The van der Waals surface area contributed by atoms with Crippen LogP contribution in [-0.4, -0.2) is 26.1 Å². The highest BCUT2D eigenvalue weighted by molar-refractivity contribution is 6.74. The van der Waals surface area contributed by atoms with E-state index in [1.54, 1.807) is 0 Å². The van der Waals surface area contributed by atoms with Crippen LogP contribution in [0.25, 0.3) is 0 Å². The lowest BCUT2D eigenvalue weighted by Crippen LogP contribution is -2.50. The van der Waals surface area contributed by atoms with Crippen LogP contribution in [0.5, 0.6) is 0 Å². The average Bonchev–Trinajstić information content (AvgIpc) is 2.74. The van der Waals surface area contributed by atoms with Gasteiger partial charge in [-0.2, -0.15) is 0 Å². The number of hydrogen-bond donors (Lipinski definition) is 1. The van der Waals surface area contributed by atoms with Gasteiger partial charge in [-0.05, 0) is 67.0 Å². The Labute approximate surface area is 139 Å². The third-order valence-electron chi connectivity index (χ3n) is 7.36. The van der Waals surface area contributed by atoms with Gasteiger partial charge >= 0.3 is 0 Å². The molecule has 22 heavy (non-hydrogen) atoms. The molecule has 2 nitrogen and oxygen atoms in total. The Hall–Kier alpha value is 0.137. The Morgan fingerprint density at radius 2 is 1.86 bits per heavy atom. The van der Waals surface area contributed by atoms with Crippen molar-refractivity contribution in [3.8, 4) is 0 Å². The Morgan fingerprint density at radius 1 is 1.23 bits per heavy atom. The van der Waals surface area contributed by atoms with E-state index in [4.69, 9.17) is 4.43 Å². The van der Waals surface area contributed by atoms with Gasteiger partial charge in [0.1, 0.15) is 0 Å². The molecule has 2 fully saturated rings. The van der Waals surface area contributed by atoms with Crippen molar-refractivity contribution in [2.45, 2.75) is 91.0 Å². The highest BCUT2D eigenvalue weighted by atomic mass is 28.4. The zero-order valence-electron chi connectivity index (χ0n) is 15.9. The van der Waals surface area contributed by atoms with Crippen LogP contribution in [0.1, 0.15) is 66.7 Å². The van der Waals surface area contributed by atoms with Crippen molar-refractivity contribution >= 4 is 8.32 Å². The summed E-state index contributed by atoms with van der Waals surface area (Å²) in [6, 6.07) is 0. The van der Waals surface area contributed by atoms with Crippen LogP contribution < -0.4 is 0 Å². The van der Waals surface area contributed by atoms with Crippen LogP contribution in [0.3, 0.4) is 0 Å². The molecule has 0 heterocycles. The summed E-state index contributed by atoms with van der Waals surface area (Å²) in [7, 11) is -1.69. The van der Waals surface area contributed by atoms with E-state index in [-0.39, 0.29) is 5.04 Å². The molecule has 0 aliphatic heterocycles. The molecule has 0 saturated heterocycles. The molecule has 5 atom stereocenters. The lowest BCUT2D eigenvalue weighted by Gasteiger charge is -2.49. The Balaban J connectivity index is 2.17. The van der Waals surface area contributed by atoms with E-state index >= 15 is 0 Å². The van der Waals surface area contributed by atoms with Crippen LogP contribution in [0, 0.1) is 23.2 Å². The molecule has 1 N–H and O–H groups in total.